The Kier molecular flexibility index (Phi) is 2.61. The Balaban J connectivity index is 2.02. The summed E-state index contributed by atoms with van der Waals surface area (Å²) in [6.07, 6.45) is 4.32. The molecule has 1 heterocycles. The van der Waals surface area contributed by atoms with Gasteiger partial charge in [0.15, 0.2) is 0 Å². The molecule has 1 aliphatic heterocycles. The molecule has 0 aromatic carbocycles. The van der Waals surface area contributed by atoms with Gasteiger partial charge in [-0.25, -0.2) is 0 Å². The molecule has 0 amide bonds. The van der Waals surface area contributed by atoms with Crippen molar-refractivity contribution in [1.82, 2.24) is 10.2 Å². The number of nitrogens with one attached hydrogen (secondary N) is 1. The summed E-state index contributed by atoms with van der Waals surface area (Å²) < 4.78 is 0. The fourth-order valence-corrected chi connectivity index (χ4v) is 2.91. The molecule has 0 aromatic heterocycles. The molecule has 13 heavy (non-hydrogen) atoms. The highest BCUT2D eigenvalue weighted by molar-refractivity contribution is 5.01. The average molecular weight is 182 g/mol. The van der Waals surface area contributed by atoms with Crippen LogP contribution in [0.4, 0.5) is 0 Å². The lowest BCUT2D eigenvalue weighted by Crippen LogP contribution is -2.62. The van der Waals surface area contributed by atoms with E-state index in [0.29, 0.717) is 5.54 Å². The molecule has 2 rings (SSSR count). The van der Waals surface area contributed by atoms with Crippen LogP contribution in [0.25, 0.3) is 0 Å². The van der Waals surface area contributed by atoms with Gasteiger partial charge in [-0.15, -0.1) is 0 Å². The second-order valence-electron chi connectivity index (χ2n) is 4.85. The molecule has 1 saturated carbocycles. The molecule has 1 N–H and O–H groups in total. The van der Waals surface area contributed by atoms with E-state index >= 15 is 0 Å². The van der Waals surface area contributed by atoms with Crippen LogP contribution in [0.1, 0.15) is 33.1 Å². The molecule has 1 aliphatic carbocycles. The van der Waals surface area contributed by atoms with Crippen molar-refractivity contribution in [2.45, 2.75) is 38.6 Å². The van der Waals surface area contributed by atoms with Crippen LogP contribution in [-0.4, -0.2) is 36.6 Å². The number of piperazine rings is 1. The van der Waals surface area contributed by atoms with Crippen molar-refractivity contribution in [2.75, 3.05) is 26.2 Å². The normalized spacial score (nSPS) is 28.8. The van der Waals surface area contributed by atoms with Gasteiger partial charge in [-0.05, 0) is 25.2 Å². The molecular weight excluding hydrogens is 160 g/mol. The van der Waals surface area contributed by atoms with Crippen molar-refractivity contribution in [3.8, 4) is 0 Å². The van der Waals surface area contributed by atoms with Crippen LogP contribution in [0.15, 0.2) is 0 Å². The van der Waals surface area contributed by atoms with Gasteiger partial charge in [0.25, 0.3) is 0 Å². The maximum Gasteiger partial charge on any atom is 0.0233 e. The van der Waals surface area contributed by atoms with Gasteiger partial charge in [-0.3, -0.25) is 4.90 Å². The Hall–Kier alpha value is -0.0800. The van der Waals surface area contributed by atoms with Crippen LogP contribution in [-0.2, 0) is 0 Å². The minimum atomic E-state index is 0.585. The minimum Gasteiger partial charge on any atom is -0.314 e. The SMILES string of the molecule is CC(C)C1(N2CCNCC2)CCC1. The highest BCUT2D eigenvalue weighted by atomic mass is 15.3. The van der Waals surface area contributed by atoms with E-state index in [9.17, 15) is 0 Å². The van der Waals surface area contributed by atoms with Crippen molar-refractivity contribution in [3.05, 3.63) is 0 Å². The molecule has 0 bridgehead atoms. The van der Waals surface area contributed by atoms with Gasteiger partial charge in [0.05, 0.1) is 0 Å². The molecule has 0 spiro atoms. The second kappa shape index (κ2) is 3.58. The average Bonchev–Trinajstić information content (AvgIpc) is 2.03. The second-order valence-corrected chi connectivity index (χ2v) is 4.85. The van der Waals surface area contributed by atoms with Crippen LogP contribution < -0.4 is 5.32 Å². The van der Waals surface area contributed by atoms with Crippen molar-refractivity contribution in [2.24, 2.45) is 5.92 Å². The van der Waals surface area contributed by atoms with Crippen molar-refractivity contribution in [3.63, 3.8) is 0 Å². The standard InChI is InChI=1S/C11H22N2/c1-10(2)11(4-3-5-11)13-8-6-12-7-9-13/h10,12H,3-9H2,1-2H3. The quantitative estimate of drug-likeness (QED) is 0.695. The molecule has 76 valence electrons. The molecule has 0 unspecified atom stereocenters. The third-order valence-corrected chi connectivity index (χ3v) is 4.04. The smallest absolute Gasteiger partial charge is 0.0233 e. The topological polar surface area (TPSA) is 15.3 Å². The molecule has 0 aromatic rings. The van der Waals surface area contributed by atoms with E-state index in [1.807, 2.05) is 0 Å². The van der Waals surface area contributed by atoms with Gasteiger partial charge in [-0.2, -0.15) is 0 Å². The number of nitrogens with zero attached hydrogens (tertiary/aromatic N) is 1. The summed E-state index contributed by atoms with van der Waals surface area (Å²) in [6, 6.07) is 0. The monoisotopic (exact) mass is 182 g/mol. The van der Waals surface area contributed by atoms with E-state index in [0.717, 1.165) is 5.92 Å². The first kappa shape index (κ1) is 9.47. The first-order chi connectivity index (χ1) is 6.26. The summed E-state index contributed by atoms with van der Waals surface area (Å²) in [4.78, 5) is 2.73. The van der Waals surface area contributed by atoms with Gasteiger partial charge >= 0.3 is 0 Å². The number of hydrogen-bond donors (Lipinski definition) is 1. The maximum atomic E-state index is 3.43. The van der Waals surface area contributed by atoms with Crippen molar-refractivity contribution < 1.29 is 0 Å². The van der Waals surface area contributed by atoms with E-state index in [1.54, 1.807) is 0 Å². The van der Waals surface area contributed by atoms with Crippen LogP contribution in [0.5, 0.6) is 0 Å². The van der Waals surface area contributed by atoms with Gasteiger partial charge < -0.3 is 5.32 Å². The zero-order valence-corrected chi connectivity index (χ0v) is 8.97. The maximum absolute atomic E-state index is 3.43. The van der Waals surface area contributed by atoms with Gasteiger partial charge in [0.2, 0.25) is 0 Å². The first-order valence-corrected chi connectivity index (χ1v) is 5.71. The lowest BCUT2D eigenvalue weighted by atomic mass is 9.68. The zero-order chi connectivity index (χ0) is 9.31. The Morgan fingerprint density at radius 2 is 1.77 bits per heavy atom. The summed E-state index contributed by atoms with van der Waals surface area (Å²) >= 11 is 0. The summed E-state index contributed by atoms with van der Waals surface area (Å²) in [5.41, 5.74) is 0.585. The summed E-state index contributed by atoms with van der Waals surface area (Å²) in [5, 5.41) is 3.43. The Labute approximate surface area is 81.7 Å². The predicted octanol–water partition coefficient (Wildman–Crippen LogP) is 1.47. The van der Waals surface area contributed by atoms with Gasteiger partial charge in [0.1, 0.15) is 0 Å². The number of hydrogen-bond acceptors (Lipinski definition) is 2. The van der Waals surface area contributed by atoms with E-state index in [1.165, 1.54) is 45.4 Å². The predicted molar refractivity (Wildman–Crippen MR) is 55.9 cm³/mol. The van der Waals surface area contributed by atoms with Gasteiger partial charge in [-0.1, -0.05) is 13.8 Å². The van der Waals surface area contributed by atoms with Crippen molar-refractivity contribution >= 4 is 0 Å². The third-order valence-electron chi connectivity index (χ3n) is 4.04. The highest BCUT2D eigenvalue weighted by Gasteiger charge is 2.44. The molecule has 2 fully saturated rings. The minimum absolute atomic E-state index is 0.585. The fraction of sp³-hybridized carbons (Fsp3) is 1.00. The molecule has 1 saturated heterocycles. The molecule has 2 nitrogen and oxygen atoms in total. The lowest BCUT2D eigenvalue weighted by molar-refractivity contribution is -0.0296. The van der Waals surface area contributed by atoms with Crippen molar-refractivity contribution in [1.29, 1.82) is 0 Å². The molecular formula is C11H22N2. The highest BCUT2D eigenvalue weighted by Crippen LogP contribution is 2.43. The fourth-order valence-electron chi connectivity index (χ4n) is 2.91. The van der Waals surface area contributed by atoms with Crippen LogP contribution in [0.3, 0.4) is 0 Å². The molecule has 2 aliphatic rings. The largest absolute Gasteiger partial charge is 0.314 e. The van der Waals surface area contributed by atoms with E-state index in [4.69, 9.17) is 0 Å². The zero-order valence-electron chi connectivity index (χ0n) is 8.97. The molecule has 2 heteroatoms. The van der Waals surface area contributed by atoms with Gasteiger partial charge in [0, 0.05) is 31.7 Å². The van der Waals surface area contributed by atoms with Crippen LogP contribution in [0.2, 0.25) is 0 Å². The summed E-state index contributed by atoms with van der Waals surface area (Å²) in [5.74, 6) is 0.833. The van der Waals surface area contributed by atoms with Crippen LogP contribution in [0, 0.1) is 5.92 Å². The Bertz CT molecular complexity index is 167. The molecule has 0 radical (unpaired) electrons. The lowest BCUT2D eigenvalue weighted by Gasteiger charge is -2.54. The van der Waals surface area contributed by atoms with Crippen LogP contribution >= 0.6 is 0 Å². The summed E-state index contributed by atoms with van der Waals surface area (Å²) in [7, 11) is 0. The Morgan fingerprint density at radius 1 is 1.15 bits per heavy atom. The van der Waals surface area contributed by atoms with E-state index in [2.05, 4.69) is 24.1 Å². The third kappa shape index (κ3) is 1.50. The van der Waals surface area contributed by atoms with E-state index < -0.39 is 0 Å². The number of rotatable bonds is 2. The molecule has 0 atom stereocenters. The first-order valence-electron chi connectivity index (χ1n) is 5.71. The van der Waals surface area contributed by atoms with E-state index in [-0.39, 0.29) is 0 Å². The Morgan fingerprint density at radius 3 is 2.15 bits per heavy atom. The summed E-state index contributed by atoms with van der Waals surface area (Å²) in [6.45, 7) is 9.68.